The van der Waals surface area contributed by atoms with Crippen LogP contribution in [0.25, 0.3) is 49.7 Å². The fourth-order valence-electron chi connectivity index (χ4n) is 9.46. The Kier molecular flexibility index (Phi) is 6.29. The van der Waals surface area contributed by atoms with Gasteiger partial charge in [-0.15, -0.1) is 0 Å². The van der Waals surface area contributed by atoms with E-state index in [1.165, 1.54) is 88.7 Å². The number of fused-ring (bicyclic) bond motifs is 9. The molecule has 0 N–H and O–H groups in total. The minimum Gasteiger partial charge on any atom is -0.309 e. The van der Waals surface area contributed by atoms with Crippen molar-refractivity contribution < 1.29 is 0 Å². The zero-order valence-electron chi connectivity index (χ0n) is 31.0. The molecule has 1 heterocycles. The zero-order chi connectivity index (χ0) is 35.0. The van der Waals surface area contributed by atoms with Crippen molar-refractivity contribution in [3.8, 4) is 27.9 Å². The summed E-state index contributed by atoms with van der Waals surface area (Å²) in [7, 11) is 0. The van der Waals surface area contributed by atoms with E-state index in [0.29, 0.717) is 0 Å². The van der Waals surface area contributed by atoms with Gasteiger partial charge >= 0.3 is 0 Å². The minimum absolute atomic E-state index is 0.00383. The highest BCUT2D eigenvalue weighted by molar-refractivity contribution is 6.12. The molecule has 0 saturated carbocycles. The third-order valence-corrected chi connectivity index (χ3v) is 12.1. The van der Waals surface area contributed by atoms with Crippen LogP contribution in [0, 0.1) is 0 Å². The fraction of sp³-hybridized carbons (Fsp3) is 0.265. The summed E-state index contributed by atoms with van der Waals surface area (Å²) in [5.74, 6) is 0. The lowest BCUT2D eigenvalue weighted by Crippen LogP contribution is -2.28. The summed E-state index contributed by atoms with van der Waals surface area (Å²) >= 11 is 0. The van der Waals surface area contributed by atoms with Crippen LogP contribution in [0.3, 0.4) is 0 Å². The molecule has 0 spiro atoms. The molecule has 1 heteroatoms. The molecule has 1 unspecified atom stereocenters. The second kappa shape index (κ2) is 10.1. The van der Waals surface area contributed by atoms with E-state index in [2.05, 4.69) is 188 Å². The van der Waals surface area contributed by atoms with Gasteiger partial charge in [-0.25, -0.2) is 0 Å². The second-order valence-corrected chi connectivity index (χ2v) is 17.6. The molecule has 0 amide bonds. The van der Waals surface area contributed by atoms with Crippen molar-refractivity contribution in [1.29, 1.82) is 0 Å². The summed E-state index contributed by atoms with van der Waals surface area (Å²) in [6.07, 6.45) is 0. The van der Waals surface area contributed by atoms with Gasteiger partial charge in [-0.1, -0.05) is 152 Å². The topological polar surface area (TPSA) is 4.93 Å². The maximum absolute atomic E-state index is 2.59. The molecule has 0 fully saturated rings. The largest absolute Gasteiger partial charge is 0.309 e. The van der Waals surface area contributed by atoms with Crippen LogP contribution in [-0.2, 0) is 21.7 Å². The predicted octanol–water partition coefficient (Wildman–Crippen LogP) is 13.0. The van der Waals surface area contributed by atoms with E-state index in [0.717, 1.165) is 0 Å². The quantitative estimate of drug-likeness (QED) is 0.176. The van der Waals surface area contributed by atoms with Crippen molar-refractivity contribution in [3.05, 3.63) is 160 Å². The third-order valence-electron chi connectivity index (χ3n) is 12.1. The molecule has 7 aromatic rings. The number of rotatable bonds is 2. The van der Waals surface area contributed by atoms with Gasteiger partial charge in [-0.05, 0) is 97.7 Å². The van der Waals surface area contributed by atoms with Crippen molar-refractivity contribution in [2.24, 2.45) is 0 Å². The highest BCUT2D eigenvalue weighted by atomic mass is 15.0. The van der Waals surface area contributed by atoms with Crippen LogP contribution in [0.1, 0.15) is 101 Å². The fourth-order valence-corrected chi connectivity index (χ4v) is 9.46. The summed E-state index contributed by atoms with van der Waals surface area (Å²) in [4.78, 5) is 0. The first-order chi connectivity index (χ1) is 23.7. The Hall–Kier alpha value is -4.88. The SMILES string of the molecule is CC(C)(C)c1cc2c(c(C(C)(C)C)c1)C(C)(c1ccccc1)c1cccc(-n3c4ccccc4c4cc5c(cc43)C(C)(C)c3ccccc3-5)c1-2. The summed E-state index contributed by atoms with van der Waals surface area (Å²) in [6.45, 7) is 21.5. The van der Waals surface area contributed by atoms with Crippen molar-refractivity contribution >= 4 is 21.8 Å². The number of hydrogen-bond donors (Lipinski definition) is 0. The molecule has 248 valence electrons. The van der Waals surface area contributed by atoms with Gasteiger partial charge in [0.15, 0.2) is 0 Å². The summed E-state index contributed by atoms with van der Waals surface area (Å²) < 4.78 is 2.59. The molecule has 0 aliphatic heterocycles. The Morgan fingerprint density at radius 1 is 0.500 bits per heavy atom. The normalized spacial score (nSPS) is 17.5. The van der Waals surface area contributed by atoms with Crippen molar-refractivity contribution in [1.82, 2.24) is 4.57 Å². The number of para-hydroxylation sites is 1. The van der Waals surface area contributed by atoms with Crippen LogP contribution in [-0.4, -0.2) is 4.57 Å². The lowest BCUT2D eigenvalue weighted by Gasteiger charge is -2.35. The van der Waals surface area contributed by atoms with Crippen molar-refractivity contribution in [3.63, 3.8) is 0 Å². The predicted molar refractivity (Wildman–Crippen MR) is 213 cm³/mol. The molecule has 9 rings (SSSR count). The molecule has 1 atom stereocenters. The van der Waals surface area contributed by atoms with Crippen molar-refractivity contribution in [2.75, 3.05) is 0 Å². The van der Waals surface area contributed by atoms with Gasteiger partial charge < -0.3 is 4.57 Å². The van der Waals surface area contributed by atoms with E-state index in [9.17, 15) is 0 Å². The van der Waals surface area contributed by atoms with Crippen LogP contribution in [0.4, 0.5) is 0 Å². The standard InChI is InChI=1S/C49H47N/c1-46(2,3)31-26-36-44-38(49(9,30-18-11-10-12-19-30)45(36)40(27-31)47(4,5)6)23-17-25-42(44)50-41-24-16-14-21-33(41)35-28-34-32-20-13-15-22-37(32)48(7,8)39(34)29-43(35)50/h10-29H,1-9H3. The molecular formula is C49H47N. The Morgan fingerprint density at radius 3 is 1.92 bits per heavy atom. The van der Waals surface area contributed by atoms with Gasteiger partial charge in [0.25, 0.3) is 0 Å². The van der Waals surface area contributed by atoms with Crippen LogP contribution in [0.5, 0.6) is 0 Å². The number of nitrogens with zero attached hydrogens (tertiary/aromatic N) is 1. The Morgan fingerprint density at radius 2 is 1.18 bits per heavy atom. The first-order valence-electron chi connectivity index (χ1n) is 18.3. The summed E-state index contributed by atoms with van der Waals surface area (Å²) in [6, 6.07) is 46.4. The smallest absolute Gasteiger partial charge is 0.0544 e. The molecular weight excluding hydrogens is 603 g/mol. The number of aromatic nitrogens is 1. The van der Waals surface area contributed by atoms with Crippen LogP contribution >= 0.6 is 0 Å². The van der Waals surface area contributed by atoms with E-state index in [1.807, 2.05) is 0 Å². The van der Waals surface area contributed by atoms with E-state index in [-0.39, 0.29) is 21.7 Å². The molecule has 0 radical (unpaired) electrons. The molecule has 50 heavy (non-hydrogen) atoms. The second-order valence-electron chi connectivity index (χ2n) is 17.6. The molecule has 1 nitrogen and oxygen atoms in total. The van der Waals surface area contributed by atoms with E-state index in [4.69, 9.17) is 0 Å². The van der Waals surface area contributed by atoms with Gasteiger partial charge in [0.2, 0.25) is 0 Å². The maximum Gasteiger partial charge on any atom is 0.0544 e. The molecule has 0 saturated heterocycles. The average molecular weight is 650 g/mol. The molecule has 6 aromatic carbocycles. The van der Waals surface area contributed by atoms with Gasteiger partial charge in [0, 0.05) is 27.2 Å². The highest BCUT2D eigenvalue weighted by Gasteiger charge is 2.46. The Balaban J connectivity index is 1.44. The molecule has 2 aliphatic carbocycles. The van der Waals surface area contributed by atoms with Gasteiger partial charge in [0.05, 0.1) is 16.7 Å². The monoisotopic (exact) mass is 649 g/mol. The zero-order valence-corrected chi connectivity index (χ0v) is 31.0. The summed E-state index contributed by atoms with van der Waals surface area (Å²) in [5, 5.41) is 2.61. The first-order valence-corrected chi connectivity index (χ1v) is 18.3. The lowest BCUT2D eigenvalue weighted by atomic mass is 9.68. The van der Waals surface area contributed by atoms with Crippen molar-refractivity contribution in [2.45, 2.75) is 84.0 Å². The highest BCUT2D eigenvalue weighted by Crippen LogP contribution is 2.58. The van der Waals surface area contributed by atoms with Gasteiger partial charge in [-0.2, -0.15) is 0 Å². The van der Waals surface area contributed by atoms with Gasteiger partial charge in [0.1, 0.15) is 0 Å². The van der Waals surface area contributed by atoms with E-state index >= 15 is 0 Å². The molecule has 0 bridgehead atoms. The third kappa shape index (κ3) is 4.07. The lowest BCUT2D eigenvalue weighted by molar-refractivity contribution is 0.553. The molecule has 1 aromatic heterocycles. The number of benzene rings is 6. The first kappa shape index (κ1) is 31.1. The van der Waals surface area contributed by atoms with E-state index in [1.54, 1.807) is 0 Å². The maximum atomic E-state index is 2.59. The minimum atomic E-state index is -0.315. The van der Waals surface area contributed by atoms with Crippen LogP contribution in [0.15, 0.2) is 121 Å². The van der Waals surface area contributed by atoms with Gasteiger partial charge in [-0.3, -0.25) is 0 Å². The van der Waals surface area contributed by atoms with Crippen LogP contribution < -0.4 is 0 Å². The average Bonchev–Trinajstić information content (AvgIpc) is 3.64. The van der Waals surface area contributed by atoms with E-state index < -0.39 is 0 Å². The number of hydrogen-bond acceptors (Lipinski definition) is 0. The molecule has 2 aliphatic rings. The van der Waals surface area contributed by atoms with Crippen LogP contribution in [0.2, 0.25) is 0 Å². The Labute approximate surface area is 297 Å². The Bertz CT molecular complexity index is 2530. The summed E-state index contributed by atoms with van der Waals surface area (Å²) in [5.41, 5.74) is 18.6.